The van der Waals surface area contributed by atoms with Crippen LogP contribution in [0.5, 0.6) is 0 Å². The van der Waals surface area contributed by atoms with Gasteiger partial charge in [0, 0.05) is 23.4 Å². The third kappa shape index (κ3) is 3.47. The van der Waals surface area contributed by atoms with Gasteiger partial charge in [-0.05, 0) is 74.0 Å². The molecular weight excluding hydrogens is 438 g/mol. The molecular formula is C21H24BrN3O2S. The first-order chi connectivity index (χ1) is 13.3. The fourth-order valence-corrected chi connectivity index (χ4v) is 8.74. The van der Waals surface area contributed by atoms with E-state index in [2.05, 4.69) is 31.5 Å². The van der Waals surface area contributed by atoms with Crippen LogP contribution in [0.2, 0.25) is 0 Å². The van der Waals surface area contributed by atoms with Crippen LogP contribution in [0.3, 0.4) is 0 Å². The van der Waals surface area contributed by atoms with Gasteiger partial charge in [0.25, 0.3) is 0 Å². The van der Waals surface area contributed by atoms with Gasteiger partial charge in [0.2, 0.25) is 11.8 Å². The molecule has 0 radical (unpaired) electrons. The minimum Gasteiger partial charge on any atom is -0.326 e. The van der Waals surface area contributed by atoms with Gasteiger partial charge < -0.3 is 10.6 Å². The van der Waals surface area contributed by atoms with Crippen LogP contribution < -0.4 is 10.6 Å². The van der Waals surface area contributed by atoms with Crippen molar-refractivity contribution in [3.63, 3.8) is 0 Å². The summed E-state index contributed by atoms with van der Waals surface area (Å²) in [7, 11) is 0. The SMILES string of the molecule is CC(=O)Nc1ccc2nc(NC(=O)CC34CC5CC(CC(Br)(C5)C3)C4)sc2c1. The highest BCUT2D eigenvalue weighted by molar-refractivity contribution is 9.10. The Morgan fingerprint density at radius 3 is 2.64 bits per heavy atom. The number of rotatable bonds is 4. The summed E-state index contributed by atoms with van der Waals surface area (Å²) >= 11 is 5.48. The first-order valence-corrected chi connectivity index (χ1v) is 11.6. The van der Waals surface area contributed by atoms with E-state index in [0.717, 1.165) is 34.2 Å². The standard InChI is InChI=1S/C21H24BrN3O2S/c1-12(26)23-15-2-3-16-17(5-15)28-19(24-16)25-18(27)10-20-6-13-4-14(7-20)9-21(22,8-13)11-20/h2-3,5,13-14H,4,6-11H2,1H3,(H,23,26)(H,24,25,27). The predicted molar refractivity (Wildman–Crippen MR) is 116 cm³/mol. The van der Waals surface area contributed by atoms with Crippen molar-refractivity contribution in [1.29, 1.82) is 0 Å². The van der Waals surface area contributed by atoms with E-state index in [1.165, 1.54) is 50.4 Å². The molecule has 2 unspecified atom stereocenters. The zero-order valence-electron chi connectivity index (χ0n) is 15.9. The Hall–Kier alpha value is -1.47. The molecule has 6 rings (SSSR count). The molecule has 0 spiro atoms. The van der Waals surface area contributed by atoms with Crippen molar-refractivity contribution in [2.75, 3.05) is 10.6 Å². The van der Waals surface area contributed by atoms with Crippen LogP contribution in [0, 0.1) is 17.3 Å². The molecule has 4 bridgehead atoms. The Morgan fingerprint density at radius 1 is 1.21 bits per heavy atom. The van der Waals surface area contributed by atoms with E-state index < -0.39 is 0 Å². The molecule has 0 aliphatic heterocycles. The third-order valence-corrected chi connectivity index (χ3v) is 8.46. The number of aromatic nitrogens is 1. The number of fused-ring (bicyclic) bond motifs is 1. The molecule has 4 aliphatic rings. The molecule has 2 aromatic rings. The van der Waals surface area contributed by atoms with E-state index in [4.69, 9.17) is 0 Å². The lowest BCUT2D eigenvalue weighted by Gasteiger charge is -2.60. The van der Waals surface area contributed by atoms with Gasteiger partial charge in [0.1, 0.15) is 0 Å². The number of benzene rings is 1. The lowest BCUT2D eigenvalue weighted by molar-refractivity contribution is -0.123. The molecule has 7 heteroatoms. The van der Waals surface area contributed by atoms with Crippen LogP contribution in [-0.2, 0) is 9.59 Å². The van der Waals surface area contributed by atoms with Gasteiger partial charge in [0.05, 0.1) is 10.2 Å². The summed E-state index contributed by atoms with van der Waals surface area (Å²) in [5, 5.41) is 6.47. The van der Waals surface area contributed by atoms with Crippen LogP contribution >= 0.6 is 27.3 Å². The molecule has 2 N–H and O–H groups in total. The average molecular weight is 462 g/mol. The lowest BCUT2D eigenvalue weighted by Crippen LogP contribution is -2.53. The van der Waals surface area contributed by atoms with E-state index in [-0.39, 0.29) is 21.6 Å². The molecule has 2 amide bonds. The summed E-state index contributed by atoms with van der Waals surface area (Å²) in [6.45, 7) is 1.49. The molecule has 2 atom stereocenters. The van der Waals surface area contributed by atoms with Crippen LogP contribution in [0.25, 0.3) is 10.2 Å². The highest BCUT2D eigenvalue weighted by Crippen LogP contribution is 2.65. The number of thiazole rings is 1. The van der Waals surface area contributed by atoms with Gasteiger partial charge in [-0.25, -0.2) is 4.98 Å². The van der Waals surface area contributed by atoms with Crippen molar-refractivity contribution in [3.8, 4) is 0 Å². The maximum Gasteiger partial charge on any atom is 0.226 e. The summed E-state index contributed by atoms with van der Waals surface area (Å²) < 4.78 is 1.23. The second kappa shape index (κ2) is 6.52. The third-order valence-electron chi connectivity index (χ3n) is 6.60. The molecule has 1 aromatic carbocycles. The van der Waals surface area contributed by atoms with Gasteiger partial charge in [-0.15, -0.1) is 0 Å². The maximum atomic E-state index is 12.9. The van der Waals surface area contributed by atoms with Gasteiger partial charge in [-0.1, -0.05) is 27.3 Å². The first kappa shape index (κ1) is 18.6. The topological polar surface area (TPSA) is 71.1 Å². The van der Waals surface area contributed by atoms with Crippen LogP contribution in [0.4, 0.5) is 10.8 Å². The largest absolute Gasteiger partial charge is 0.326 e. The van der Waals surface area contributed by atoms with Gasteiger partial charge in [-0.3, -0.25) is 9.59 Å². The van der Waals surface area contributed by atoms with Crippen molar-refractivity contribution in [2.24, 2.45) is 17.3 Å². The fraction of sp³-hybridized carbons (Fsp3) is 0.571. The van der Waals surface area contributed by atoms with Crippen molar-refractivity contribution >= 4 is 60.1 Å². The van der Waals surface area contributed by atoms with E-state index in [9.17, 15) is 9.59 Å². The number of halogens is 1. The minimum absolute atomic E-state index is 0.0826. The zero-order valence-corrected chi connectivity index (χ0v) is 18.3. The monoisotopic (exact) mass is 461 g/mol. The number of carbonyl (C=O) groups excluding carboxylic acids is 2. The van der Waals surface area contributed by atoms with E-state index in [1.54, 1.807) is 0 Å². The van der Waals surface area contributed by atoms with Gasteiger partial charge in [0.15, 0.2) is 5.13 Å². The number of carbonyl (C=O) groups is 2. The maximum absolute atomic E-state index is 12.9. The highest BCUT2D eigenvalue weighted by Gasteiger charge is 2.57. The molecule has 28 heavy (non-hydrogen) atoms. The highest BCUT2D eigenvalue weighted by atomic mass is 79.9. The number of hydrogen-bond acceptors (Lipinski definition) is 4. The fourth-order valence-electron chi connectivity index (χ4n) is 6.31. The quantitative estimate of drug-likeness (QED) is 0.605. The Balaban J connectivity index is 1.30. The number of alkyl halides is 1. The van der Waals surface area contributed by atoms with Gasteiger partial charge in [-0.2, -0.15) is 0 Å². The first-order valence-electron chi connectivity index (χ1n) is 9.97. The summed E-state index contributed by atoms with van der Waals surface area (Å²) in [6.07, 6.45) is 8.03. The Labute approximate surface area is 176 Å². The van der Waals surface area contributed by atoms with E-state index in [0.29, 0.717) is 11.6 Å². The minimum atomic E-state index is -0.0995. The number of hydrogen-bond donors (Lipinski definition) is 2. The normalized spacial score (nSPS) is 33.2. The van der Waals surface area contributed by atoms with Crippen LogP contribution in [0.1, 0.15) is 51.9 Å². The van der Waals surface area contributed by atoms with Crippen molar-refractivity contribution in [3.05, 3.63) is 18.2 Å². The second-order valence-corrected chi connectivity index (χ2v) is 11.9. The number of amides is 2. The van der Waals surface area contributed by atoms with E-state index in [1.807, 2.05) is 18.2 Å². The number of nitrogens with one attached hydrogen (secondary N) is 2. The Bertz CT molecular complexity index is 958. The van der Waals surface area contributed by atoms with Crippen LogP contribution in [0.15, 0.2) is 18.2 Å². The van der Waals surface area contributed by atoms with Gasteiger partial charge >= 0.3 is 0 Å². The van der Waals surface area contributed by atoms with Crippen molar-refractivity contribution < 1.29 is 9.59 Å². The molecule has 4 fully saturated rings. The number of anilines is 2. The van der Waals surface area contributed by atoms with E-state index >= 15 is 0 Å². The number of nitrogens with zero attached hydrogens (tertiary/aromatic N) is 1. The molecule has 0 saturated heterocycles. The average Bonchev–Trinajstić information content (AvgIpc) is 2.92. The summed E-state index contributed by atoms with van der Waals surface area (Å²) in [6, 6.07) is 5.61. The summed E-state index contributed by atoms with van der Waals surface area (Å²) in [5.74, 6) is 1.54. The Morgan fingerprint density at radius 2 is 1.96 bits per heavy atom. The molecule has 4 saturated carbocycles. The zero-order chi connectivity index (χ0) is 19.5. The smallest absolute Gasteiger partial charge is 0.226 e. The Kier molecular flexibility index (Phi) is 4.32. The molecule has 148 valence electrons. The lowest BCUT2D eigenvalue weighted by atomic mass is 9.48. The summed E-state index contributed by atoms with van der Waals surface area (Å²) in [5.41, 5.74) is 1.74. The van der Waals surface area contributed by atoms with Crippen LogP contribution in [-0.4, -0.2) is 21.1 Å². The summed E-state index contributed by atoms with van der Waals surface area (Å²) in [4.78, 5) is 28.7. The van der Waals surface area contributed by atoms with Crippen molar-refractivity contribution in [2.45, 2.75) is 56.2 Å². The molecule has 1 heterocycles. The predicted octanol–water partition coefficient (Wildman–Crippen LogP) is 5.32. The second-order valence-electron chi connectivity index (χ2n) is 9.22. The molecule has 1 aromatic heterocycles. The van der Waals surface area contributed by atoms with Crippen molar-refractivity contribution in [1.82, 2.24) is 4.98 Å². The molecule has 5 nitrogen and oxygen atoms in total. The molecule has 4 aliphatic carbocycles.